The highest BCUT2D eigenvalue weighted by atomic mass is 15.1. The van der Waals surface area contributed by atoms with E-state index in [4.69, 9.17) is 10.7 Å². The van der Waals surface area contributed by atoms with Crippen LogP contribution >= 0.6 is 0 Å². The van der Waals surface area contributed by atoms with E-state index in [-0.39, 0.29) is 0 Å². The molecule has 23 heavy (non-hydrogen) atoms. The Morgan fingerprint density at radius 1 is 1.09 bits per heavy atom. The third kappa shape index (κ3) is 3.08. The molecule has 1 aromatic heterocycles. The first kappa shape index (κ1) is 14.3. The number of anilines is 1. The first-order chi connectivity index (χ1) is 11.3. The molecule has 2 aromatic carbocycles. The van der Waals surface area contributed by atoms with Gasteiger partial charge in [-0.25, -0.2) is 4.98 Å². The van der Waals surface area contributed by atoms with Crippen LogP contribution in [0, 0.1) is 0 Å². The van der Waals surface area contributed by atoms with Crippen molar-refractivity contribution in [3.05, 3.63) is 59.9 Å². The van der Waals surface area contributed by atoms with Gasteiger partial charge in [0.2, 0.25) is 0 Å². The van der Waals surface area contributed by atoms with Crippen molar-refractivity contribution < 1.29 is 0 Å². The Morgan fingerprint density at radius 2 is 1.91 bits per heavy atom. The zero-order chi connectivity index (χ0) is 15.6. The maximum atomic E-state index is 5.87. The summed E-state index contributed by atoms with van der Waals surface area (Å²) in [5.74, 6) is 1.69. The van der Waals surface area contributed by atoms with Crippen molar-refractivity contribution in [3.8, 4) is 0 Å². The van der Waals surface area contributed by atoms with Gasteiger partial charge >= 0.3 is 0 Å². The van der Waals surface area contributed by atoms with Crippen LogP contribution in [0.4, 0.5) is 5.69 Å². The number of hydrogen-bond donors (Lipinski definition) is 2. The molecule has 3 N–H and O–H groups in total. The van der Waals surface area contributed by atoms with E-state index in [0.717, 1.165) is 55.0 Å². The zero-order valence-electron chi connectivity index (χ0n) is 13.2. The number of rotatable bonds is 3. The average Bonchev–Trinajstić information content (AvgIpc) is 2.99. The molecule has 0 radical (unpaired) electrons. The Morgan fingerprint density at radius 3 is 2.70 bits per heavy atom. The maximum Gasteiger partial charge on any atom is 0.110 e. The Balaban J connectivity index is 1.40. The Labute approximate surface area is 136 Å². The Hall–Kier alpha value is -2.33. The van der Waals surface area contributed by atoms with Crippen LogP contribution in [0.25, 0.3) is 11.0 Å². The Kier molecular flexibility index (Phi) is 3.75. The van der Waals surface area contributed by atoms with E-state index in [1.54, 1.807) is 0 Å². The van der Waals surface area contributed by atoms with Crippen molar-refractivity contribution >= 4 is 16.7 Å². The van der Waals surface area contributed by atoms with Crippen LogP contribution in [-0.4, -0.2) is 28.0 Å². The molecule has 4 rings (SSSR count). The normalized spacial score (nSPS) is 16.9. The lowest BCUT2D eigenvalue weighted by molar-refractivity contribution is 0.202. The van der Waals surface area contributed by atoms with Crippen LogP contribution in [-0.2, 0) is 6.54 Å². The summed E-state index contributed by atoms with van der Waals surface area (Å²) in [5.41, 5.74) is 10.2. The molecule has 0 unspecified atom stereocenters. The van der Waals surface area contributed by atoms with E-state index in [0.29, 0.717) is 5.92 Å². The second kappa shape index (κ2) is 6.05. The SMILES string of the molecule is Nc1cccc(CN2CCC(c3nc4ccccc4[nH]3)CC2)c1. The number of nitrogens with two attached hydrogens (primary N) is 1. The second-order valence-electron chi connectivity index (χ2n) is 6.43. The number of nitrogen functional groups attached to an aromatic ring is 1. The third-order valence-electron chi connectivity index (χ3n) is 4.74. The van der Waals surface area contributed by atoms with Gasteiger partial charge in [-0.1, -0.05) is 24.3 Å². The summed E-state index contributed by atoms with van der Waals surface area (Å²) in [6.45, 7) is 3.20. The van der Waals surface area contributed by atoms with Gasteiger partial charge in [-0.2, -0.15) is 0 Å². The molecule has 4 nitrogen and oxygen atoms in total. The molecular weight excluding hydrogens is 284 g/mol. The van der Waals surface area contributed by atoms with Crippen molar-refractivity contribution in [2.24, 2.45) is 0 Å². The second-order valence-corrected chi connectivity index (χ2v) is 6.43. The van der Waals surface area contributed by atoms with Gasteiger partial charge in [0.05, 0.1) is 11.0 Å². The predicted molar refractivity (Wildman–Crippen MR) is 94.2 cm³/mol. The number of hydrogen-bond acceptors (Lipinski definition) is 3. The lowest BCUT2D eigenvalue weighted by atomic mass is 9.96. The number of aromatic nitrogens is 2. The number of fused-ring (bicyclic) bond motifs is 1. The molecule has 0 bridgehead atoms. The lowest BCUT2D eigenvalue weighted by Crippen LogP contribution is -2.32. The molecule has 118 valence electrons. The van der Waals surface area contributed by atoms with Gasteiger partial charge in [0.25, 0.3) is 0 Å². The largest absolute Gasteiger partial charge is 0.399 e. The van der Waals surface area contributed by atoms with Crippen molar-refractivity contribution in [1.82, 2.24) is 14.9 Å². The van der Waals surface area contributed by atoms with Crippen molar-refractivity contribution in [2.75, 3.05) is 18.8 Å². The molecule has 3 aromatic rings. The van der Waals surface area contributed by atoms with Crippen molar-refractivity contribution in [1.29, 1.82) is 0 Å². The fourth-order valence-corrected chi connectivity index (χ4v) is 3.48. The standard InChI is InChI=1S/C19H22N4/c20-16-5-3-4-14(12-16)13-23-10-8-15(9-11-23)19-21-17-6-1-2-7-18(17)22-19/h1-7,12,15H,8-11,13,20H2,(H,21,22). The molecule has 0 amide bonds. The first-order valence-electron chi connectivity index (χ1n) is 8.29. The smallest absolute Gasteiger partial charge is 0.110 e. The molecule has 0 spiro atoms. The molecule has 1 saturated heterocycles. The van der Waals surface area contributed by atoms with Gasteiger partial charge in [-0.15, -0.1) is 0 Å². The summed E-state index contributed by atoms with van der Waals surface area (Å²) in [5, 5.41) is 0. The van der Waals surface area contributed by atoms with Crippen LogP contribution in [0.5, 0.6) is 0 Å². The fraction of sp³-hybridized carbons (Fsp3) is 0.316. The number of nitrogens with one attached hydrogen (secondary N) is 1. The number of likely N-dealkylation sites (tertiary alicyclic amines) is 1. The quantitative estimate of drug-likeness (QED) is 0.728. The fourth-order valence-electron chi connectivity index (χ4n) is 3.48. The summed E-state index contributed by atoms with van der Waals surface area (Å²) in [7, 11) is 0. The van der Waals surface area contributed by atoms with Gasteiger partial charge in [0.1, 0.15) is 5.82 Å². The number of imidazole rings is 1. The van der Waals surface area contributed by atoms with Crippen LogP contribution in [0.1, 0.15) is 30.1 Å². The van der Waals surface area contributed by atoms with Gasteiger partial charge in [-0.3, -0.25) is 4.90 Å². The van der Waals surface area contributed by atoms with Gasteiger partial charge in [-0.05, 0) is 55.8 Å². The number of aromatic amines is 1. The third-order valence-corrected chi connectivity index (χ3v) is 4.74. The van der Waals surface area contributed by atoms with E-state index in [1.165, 1.54) is 5.56 Å². The minimum Gasteiger partial charge on any atom is -0.399 e. The number of benzene rings is 2. The summed E-state index contributed by atoms with van der Waals surface area (Å²) in [4.78, 5) is 10.8. The molecule has 1 fully saturated rings. The average molecular weight is 306 g/mol. The number of nitrogens with zero attached hydrogens (tertiary/aromatic N) is 2. The lowest BCUT2D eigenvalue weighted by Gasteiger charge is -2.31. The van der Waals surface area contributed by atoms with Crippen LogP contribution in [0.3, 0.4) is 0 Å². The molecule has 1 aliphatic rings. The summed E-state index contributed by atoms with van der Waals surface area (Å²) in [6, 6.07) is 16.5. The van der Waals surface area contributed by atoms with Gasteiger partial charge in [0.15, 0.2) is 0 Å². The number of piperidine rings is 1. The molecule has 0 saturated carbocycles. The van der Waals surface area contributed by atoms with Crippen LogP contribution < -0.4 is 5.73 Å². The summed E-state index contributed by atoms with van der Waals surface area (Å²) >= 11 is 0. The molecule has 2 heterocycles. The summed E-state index contributed by atoms with van der Waals surface area (Å²) in [6.07, 6.45) is 2.31. The maximum absolute atomic E-state index is 5.87. The first-order valence-corrected chi connectivity index (χ1v) is 8.29. The minimum atomic E-state index is 0.541. The molecule has 1 aliphatic heterocycles. The predicted octanol–water partition coefficient (Wildman–Crippen LogP) is 3.52. The highest BCUT2D eigenvalue weighted by Crippen LogP contribution is 2.28. The summed E-state index contributed by atoms with van der Waals surface area (Å²) < 4.78 is 0. The van der Waals surface area contributed by atoms with E-state index in [2.05, 4.69) is 40.2 Å². The van der Waals surface area contributed by atoms with Gasteiger partial charge < -0.3 is 10.7 Å². The van der Waals surface area contributed by atoms with Crippen LogP contribution in [0.15, 0.2) is 48.5 Å². The van der Waals surface area contributed by atoms with Crippen molar-refractivity contribution in [2.45, 2.75) is 25.3 Å². The highest BCUT2D eigenvalue weighted by Gasteiger charge is 2.23. The zero-order valence-corrected chi connectivity index (χ0v) is 13.2. The van der Waals surface area contributed by atoms with E-state index in [9.17, 15) is 0 Å². The molecular formula is C19H22N4. The Bertz CT molecular complexity index is 767. The number of H-pyrrole nitrogens is 1. The molecule has 0 aliphatic carbocycles. The monoisotopic (exact) mass is 306 g/mol. The van der Waals surface area contributed by atoms with Crippen LogP contribution in [0.2, 0.25) is 0 Å². The highest BCUT2D eigenvalue weighted by molar-refractivity contribution is 5.74. The van der Waals surface area contributed by atoms with Crippen molar-refractivity contribution in [3.63, 3.8) is 0 Å². The van der Waals surface area contributed by atoms with E-state index in [1.807, 2.05) is 18.2 Å². The van der Waals surface area contributed by atoms with E-state index < -0.39 is 0 Å². The van der Waals surface area contributed by atoms with E-state index >= 15 is 0 Å². The molecule has 4 heteroatoms. The van der Waals surface area contributed by atoms with Gasteiger partial charge in [0, 0.05) is 18.2 Å². The minimum absolute atomic E-state index is 0.541. The molecule has 0 atom stereocenters. The number of para-hydroxylation sites is 2. The topological polar surface area (TPSA) is 57.9 Å².